The lowest BCUT2D eigenvalue weighted by Crippen LogP contribution is -3.05. The van der Waals surface area contributed by atoms with E-state index in [1.165, 1.54) is 109 Å². The summed E-state index contributed by atoms with van der Waals surface area (Å²) < 4.78 is 221. The maximum atomic E-state index is 15.4. The van der Waals surface area contributed by atoms with Crippen molar-refractivity contribution in [2.75, 3.05) is 20.6 Å². The van der Waals surface area contributed by atoms with Gasteiger partial charge in [-0.1, -0.05) is 115 Å². The van der Waals surface area contributed by atoms with Gasteiger partial charge in [-0.2, -0.15) is 5.46 Å². The molecule has 0 heterocycles. The van der Waals surface area contributed by atoms with E-state index in [1.54, 1.807) is 4.90 Å². The Bertz CT molecular complexity index is 1880. The van der Waals surface area contributed by atoms with Gasteiger partial charge in [0.2, 0.25) is 0 Å². The molecule has 0 aliphatic rings. The molecule has 0 spiro atoms. The number of quaternary nitrogens is 1. The van der Waals surface area contributed by atoms with Crippen LogP contribution < -0.4 is 26.8 Å². The first-order chi connectivity index (χ1) is 29.3. The number of unbranched alkanes of at least 4 members (excludes halogenated alkanes) is 15. The lowest BCUT2D eigenvalue weighted by Gasteiger charge is -2.44. The molecular weight excluding hydrogens is 854 g/mol. The molecule has 0 bridgehead atoms. The van der Waals surface area contributed by atoms with Crippen molar-refractivity contribution in [1.82, 2.24) is 0 Å². The zero-order chi connectivity index (χ0) is 46.5. The summed E-state index contributed by atoms with van der Waals surface area (Å²) in [4.78, 5) is 1.60. The largest absolute Gasteiger partial charge is 0.511 e. The predicted octanol–water partition coefficient (Wildman–Crippen LogP) is 10.2. The number of para-hydroxylation sites is 1. The first-order valence-electron chi connectivity index (χ1n) is 20.6. The van der Waals surface area contributed by atoms with Gasteiger partial charge in [-0.25, -0.2) is 65.9 Å². The van der Waals surface area contributed by atoms with Gasteiger partial charge in [0.1, 0.15) is 41.0 Å². The highest BCUT2D eigenvalue weighted by Crippen LogP contribution is 2.29. The second kappa shape index (κ2) is 23.9. The topological polar surface area (TPSA) is 24.7 Å². The molecule has 0 aliphatic carbocycles. The Hall–Kier alpha value is -4.35. The first kappa shape index (κ1) is 52.0. The molecule has 0 aliphatic heterocycles. The zero-order valence-corrected chi connectivity index (χ0v) is 34.5. The number of aromatic hydroxyl groups is 1. The number of phenolic OH excluding ortho intramolecular Hbond substituents is 1. The number of halogens is 15. The minimum Gasteiger partial charge on any atom is -0.511 e. The molecule has 0 aromatic heterocycles. The van der Waals surface area contributed by atoms with Crippen LogP contribution in [0.4, 0.5) is 65.9 Å². The Balaban J connectivity index is 0.000000413. The normalized spacial score (nSPS) is 11.7. The van der Waals surface area contributed by atoms with E-state index in [0.717, 1.165) is 6.07 Å². The van der Waals surface area contributed by atoms with E-state index in [2.05, 4.69) is 21.0 Å². The summed E-state index contributed by atoms with van der Waals surface area (Å²) in [5.41, 5.74) is -10.3. The Morgan fingerprint density at radius 3 is 0.871 bits per heavy atom. The lowest BCUT2D eigenvalue weighted by atomic mass is 9.12. The summed E-state index contributed by atoms with van der Waals surface area (Å²) in [5, 5.41) is 10.5. The maximum Gasteiger partial charge on any atom is 0.200 e. The van der Waals surface area contributed by atoms with E-state index in [1.807, 2.05) is 0 Å². The summed E-state index contributed by atoms with van der Waals surface area (Å²) in [6, 6.07) is 1.92. The van der Waals surface area contributed by atoms with Gasteiger partial charge < -0.3 is 10.0 Å². The van der Waals surface area contributed by atoms with Crippen LogP contribution in [0.25, 0.3) is 0 Å². The Labute approximate surface area is 351 Å². The van der Waals surface area contributed by atoms with Crippen LogP contribution >= 0.6 is 0 Å². The molecule has 4 aromatic carbocycles. The third kappa shape index (κ3) is 11.4. The quantitative estimate of drug-likeness (QED) is 0.0281. The lowest BCUT2D eigenvalue weighted by molar-refractivity contribution is -0.858. The number of benzene rings is 4. The van der Waals surface area contributed by atoms with Crippen molar-refractivity contribution < 1.29 is 75.9 Å². The van der Waals surface area contributed by atoms with Crippen molar-refractivity contribution in [2.24, 2.45) is 0 Å². The fourth-order valence-corrected chi connectivity index (χ4v) is 7.79. The van der Waals surface area contributed by atoms with E-state index in [0.29, 0.717) is 12.1 Å². The summed E-state index contributed by atoms with van der Waals surface area (Å²) in [5.74, 6) is -48.4. The minimum atomic E-state index is -5.99. The fourth-order valence-electron chi connectivity index (χ4n) is 7.79. The molecule has 62 heavy (non-hydrogen) atoms. The highest BCUT2D eigenvalue weighted by atomic mass is 19.2. The van der Waals surface area contributed by atoms with E-state index >= 15 is 26.3 Å². The first-order valence-corrected chi connectivity index (χ1v) is 20.6. The summed E-state index contributed by atoms with van der Waals surface area (Å²) in [6.07, 6.45) is 17.4. The molecule has 0 unspecified atom stereocenters. The number of rotatable bonds is 21. The molecular formula is C44H49BF15NO. The highest BCUT2D eigenvalue weighted by Gasteiger charge is 2.49. The van der Waals surface area contributed by atoms with Gasteiger partial charge in [-0.3, -0.25) is 0 Å². The van der Waals surface area contributed by atoms with Crippen molar-refractivity contribution in [2.45, 2.75) is 110 Å². The van der Waals surface area contributed by atoms with Crippen LogP contribution in [-0.2, 0) is 0 Å². The van der Waals surface area contributed by atoms with Gasteiger partial charge >= 0.3 is 0 Å². The van der Waals surface area contributed by atoms with Gasteiger partial charge in [0.05, 0.1) is 26.4 Å². The number of hydrogen-bond acceptors (Lipinski definition) is 1. The van der Waals surface area contributed by atoms with Crippen LogP contribution in [0.3, 0.4) is 0 Å². The van der Waals surface area contributed by atoms with Gasteiger partial charge in [-0.15, -0.1) is 16.4 Å². The number of nitrogens with one attached hydrogen (secondary N) is 1. The Kier molecular flexibility index (Phi) is 20.1. The van der Waals surface area contributed by atoms with Crippen molar-refractivity contribution >= 4 is 28.0 Å². The predicted molar refractivity (Wildman–Crippen MR) is 208 cm³/mol. The molecule has 4 aromatic rings. The molecule has 0 amide bonds. The Morgan fingerprint density at radius 1 is 0.371 bits per heavy atom. The van der Waals surface area contributed by atoms with E-state index in [9.17, 15) is 44.6 Å². The molecule has 2 nitrogen and oxygen atoms in total. The smallest absolute Gasteiger partial charge is 0.200 e. The van der Waals surface area contributed by atoms with Gasteiger partial charge in [0, 0.05) is 0 Å². The van der Waals surface area contributed by atoms with Crippen molar-refractivity contribution in [1.29, 1.82) is 0 Å². The van der Waals surface area contributed by atoms with E-state index in [-0.39, 0.29) is 6.07 Å². The van der Waals surface area contributed by atoms with Crippen molar-refractivity contribution in [3.05, 3.63) is 112 Å². The van der Waals surface area contributed by atoms with E-state index in [4.69, 9.17) is 0 Å². The van der Waals surface area contributed by atoms with E-state index < -0.39 is 121 Å². The monoisotopic (exact) mass is 903 g/mol. The van der Waals surface area contributed by atoms with Crippen molar-refractivity contribution in [3.63, 3.8) is 0 Å². The molecule has 0 atom stereocenters. The molecule has 2 N–H and O–H groups in total. The molecule has 0 radical (unpaired) electrons. The van der Waals surface area contributed by atoms with Crippen LogP contribution in [0.1, 0.15) is 110 Å². The van der Waals surface area contributed by atoms with Gasteiger partial charge in [0.15, 0.2) is 52.4 Å². The average molecular weight is 904 g/mol. The van der Waals surface area contributed by atoms with Crippen LogP contribution in [-0.4, -0.2) is 31.9 Å². The van der Waals surface area contributed by atoms with Crippen LogP contribution in [0, 0.1) is 87.3 Å². The zero-order valence-electron chi connectivity index (χ0n) is 34.5. The van der Waals surface area contributed by atoms with Gasteiger partial charge in [0.25, 0.3) is 0 Å². The third-order valence-corrected chi connectivity index (χ3v) is 11.0. The maximum absolute atomic E-state index is 15.4. The summed E-state index contributed by atoms with van der Waals surface area (Å²) >= 11 is 0. The van der Waals surface area contributed by atoms with Crippen LogP contribution in [0.15, 0.2) is 24.3 Å². The highest BCUT2D eigenvalue weighted by molar-refractivity contribution is 7.20. The second-order valence-corrected chi connectivity index (χ2v) is 15.6. The molecule has 344 valence electrons. The SMILES string of the molecule is CCCCCCCCCCCCCCCCCC[NH+](C)C.Oc1ccccc1[B-](c1c(F)c(F)c(F)c(F)c1F)(c1c(F)c(F)c(F)c(F)c1F)c1c(F)c(F)c(F)c(F)c1F. The summed E-state index contributed by atoms with van der Waals surface area (Å²) in [6.45, 7) is 3.64. The van der Waals surface area contributed by atoms with Crippen LogP contribution in [0.5, 0.6) is 5.75 Å². The molecule has 4 rings (SSSR count). The van der Waals surface area contributed by atoms with Crippen LogP contribution in [0.2, 0.25) is 0 Å². The molecule has 0 saturated carbocycles. The Morgan fingerprint density at radius 2 is 0.613 bits per heavy atom. The molecule has 0 saturated heterocycles. The number of hydrogen-bond donors (Lipinski definition) is 2. The summed E-state index contributed by atoms with van der Waals surface area (Å²) in [7, 11) is 4.51. The minimum absolute atomic E-state index is 0.184. The number of phenols is 1. The molecule has 0 fully saturated rings. The molecule has 18 heteroatoms. The van der Waals surface area contributed by atoms with Gasteiger partial charge in [-0.05, 0) is 18.9 Å². The third-order valence-electron chi connectivity index (χ3n) is 11.0. The standard InChI is InChI=1S/C24H5BF15O.C20H43N/c26-10-7(11(27)17(33)22(38)16(10)32)25(5-3-1-2-4-6(5)41,8-12(28)18(34)23(39)19(35)13(8)29)9-14(30)20(36)24(40)21(37)15(9)31;1-4-5-6-7-8-9-10-11-12-13-14-15-16-17-18-19-20-21(2)3/h1-4,41H;4-20H2,1-3H3/q-1;/p+1. The fraction of sp³-hybridized carbons (Fsp3) is 0.455. The van der Waals surface area contributed by atoms with Crippen molar-refractivity contribution in [3.8, 4) is 5.75 Å². The average Bonchev–Trinajstić information content (AvgIpc) is 3.24. The second-order valence-electron chi connectivity index (χ2n) is 15.6.